The van der Waals surface area contributed by atoms with Crippen LogP contribution in [0, 0.1) is 17.1 Å². The summed E-state index contributed by atoms with van der Waals surface area (Å²) in [7, 11) is 0. The van der Waals surface area contributed by atoms with Crippen molar-refractivity contribution in [2.75, 3.05) is 16.0 Å². The van der Waals surface area contributed by atoms with E-state index in [0.717, 1.165) is 31.9 Å². The van der Waals surface area contributed by atoms with Gasteiger partial charge in [-0.05, 0) is 49.9 Å². The predicted molar refractivity (Wildman–Crippen MR) is 133 cm³/mol. The third-order valence-electron chi connectivity index (χ3n) is 6.12. The highest BCUT2D eigenvalue weighted by Crippen LogP contribution is 2.27. The summed E-state index contributed by atoms with van der Waals surface area (Å²) >= 11 is 0. The van der Waals surface area contributed by atoms with Gasteiger partial charge in [-0.25, -0.2) is 13.9 Å². The van der Waals surface area contributed by atoms with Crippen molar-refractivity contribution in [2.24, 2.45) is 5.73 Å². The normalized spacial score (nSPS) is 17.4. The van der Waals surface area contributed by atoms with Crippen LogP contribution in [0.15, 0.2) is 55.0 Å². The molecule has 1 aromatic carbocycles. The van der Waals surface area contributed by atoms with Gasteiger partial charge in [0.1, 0.15) is 5.82 Å². The van der Waals surface area contributed by atoms with Crippen LogP contribution in [-0.4, -0.2) is 37.6 Å². The molecule has 0 unspecified atom stereocenters. The first kappa shape index (κ1) is 23.2. The van der Waals surface area contributed by atoms with E-state index < -0.39 is 11.7 Å². The highest BCUT2D eigenvalue weighted by atomic mass is 19.1. The van der Waals surface area contributed by atoms with Gasteiger partial charge in [0.15, 0.2) is 17.2 Å². The van der Waals surface area contributed by atoms with Gasteiger partial charge in [-0.15, -0.1) is 5.10 Å². The van der Waals surface area contributed by atoms with Crippen molar-refractivity contribution < 1.29 is 9.18 Å². The maximum Gasteiger partial charge on any atom is 0.276 e. The van der Waals surface area contributed by atoms with Crippen LogP contribution in [0.25, 0.3) is 5.65 Å². The molecule has 3 aromatic heterocycles. The summed E-state index contributed by atoms with van der Waals surface area (Å²) in [6, 6.07) is 12.8. The van der Waals surface area contributed by atoms with Gasteiger partial charge in [-0.3, -0.25) is 9.78 Å². The first-order chi connectivity index (χ1) is 17.5. The summed E-state index contributed by atoms with van der Waals surface area (Å²) in [5, 5.41) is 23.2. The SMILES string of the molecule is N#Cc1cccc(Nc2cc(NC3CCC(N)CC3)nn3c(C(=O)Nc4ccncc4F)cnc23)c1. The number of pyridine rings is 1. The zero-order valence-corrected chi connectivity index (χ0v) is 19.3. The molecule has 1 fully saturated rings. The number of nitrogens with zero attached hydrogens (tertiary/aromatic N) is 5. The number of fused-ring (bicyclic) bond motifs is 1. The maximum absolute atomic E-state index is 14.1. The molecule has 36 heavy (non-hydrogen) atoms. The Kier molecular flexibility index (Phi) is 6.42. The Hall–Kier alpha value is -4.56. The number of carbonyl (C=O) groups excluding carboxylic acids is 1. The highest BCUT2D eigenvalue weighted by molar-refractivity contribution is 6.03. The maximum atomic E-state index is 14.1. The molecular weight excluding hydrogens is 461 g/mol. The zero-order chi connectivity index (χ0) is 25.1. The minimum atomic E-state index is -0.648. The summed E-state index contributed by atoms with van der Waals surface area (Å²) < 4.78 is 15.5. The van der Waals surface area contributed by atoms with E-state index in [-0.39, 0.29) is 23.5 Å². The van der Waals surface area contributed by atoms with E-state index >= 15 is 0 Å². The molecule has 0 bridgehead atoms. The minimum Gasteiger partial charge on any atom is -0.366 e. The number of benzene rings is 1. The van der Waals surface area contributed by atoms with E-state index in [9.17, 15) is 14.4 Å². The highest BCUT2D eigenvalue weighted by Gasteiger charge is 2.22. The predicted octanol–water partition coefficient (Wildman–Crippen LogP) is 3.81. The number of anilines is 4. The zero-order valence-electron chi connectivity index (χ0n) is 19.3. The van der Waals surface area contributed by atoms with Gasteiger partial charge in [-0.1, -0.05) is 6.07 Å². The Bertz CT molecular complexity index is 1450. The van der Waals surface area contributed by atoms with Crippen LogP contribution in [0.5, 0.6) is 0 Å². The minimum absolute atomic E-state index is 0.00411. The van der Waals surface area contributed by atoms with Gasteiger partial charge in [-0.2, -0.15) is 5.26 Å². The quantitative estimate of drug-likeness (QED) is 0.322. The number of nitrogens with two attached hydrogens (primary N) is 1. The molecule has 10 nitrogen and oxygen atoms in total. The van der Waals surface area contributed by atoms with Gasteiger partial charge >= 0.3 is 0 Å². The number of hydrogen-bond acceptors (Lipinski definition) is 8. The number of halogens is 1. The van der Waals surface area contributed by atoms with Crippen LogP contribution in [0.2, 0.25) is 0 Å². The topological polar surface area (TPSA) is 146 Å². The van der Waals surface area contributed by atoms with Crippen molar-refractivity contribution in [3.63, 3.8) is 0 Å². The lowest BCUT2D eigenvalue weighted by molar-refractivity contribution is 0.102. The molecule has 5 N–H and O–H groups in total. The molecule has 5 rings (SSSR count). The molecule has 1 aliphatic rings. The molecule has 0 atom stereocenters. The molecular formula is C25H24FN9O. The van der Waals surface area contributed by atoms with E-state index in [4.69, 9.17) is 5.73 Å². The lowest BCUT2D eigenvalue weighted by Gasteiger charge is -2.27. The van der Waals surface area contributed by atoms with E-state index in [1.54, 1.807) is 18.2 Å². The molecule has 0 spiro atoms. The Morgan fingerprint density at radius 1 is 1.14 bits per heavy atom. The van der Waals surface area contributed by atoms with Gasteiger partial charge in [0.05, 0.1) is 35.4 Å². The molecule has 1 amide bonds. The van der Waals surface area contributed by atoms with Crippen molar-refractivity contribution in [2.45, 2.75) is 37.8 Å². The molecule has 0 saturated heterocycles. The average Bonchev–Trinajstić information content (AvgIpc) is 3.31. The number of nitriles is 1. The number of hydrogen-bond donors (Lipinski definition) is 4. The fourth-order valence-corrected chi connectivity index (χ4v) is 4.24. The second kappa shape index (κ2) is 9.97. The van der Waals surface area contributed by atoms with E-state index in [2.05, 4.69) is 37.1 Å². The third kappa shape index (κ3) is 4.94. The van der Waals surface area contributed by atoms with Gasteiger partial charge < -0.3 is 21.7 Å². The summed E-state index contributed by atoms with van der Waals surface area (Å²) in [5.41, 5.74) is 8.35. The van der Waals surface area contributed by atoms with Crippen LogP contribution in [0.4, 0.5) is 27.3 Å². The Morgan fingerprint density at radius 3 is 2.75 bits per heavy atom. The summed E-state index contributed by atoms with van der Waals surface area (Å²) in [4.78, 5) is 21.1. The molecule has 3 heterocycles. The number of imidazole rings is 1. The summed E-state index contributed by atoms with van der Waals surface area (Å²) in [5.74, 6) is -0.674. The smallest absolute Gasteiger partial charge is 0.276 e. The van der Waals surface area contributed by atoms with Gasteiger partial charge in [0.2, 0.25) is 0 Å². The summed E-state index contributed by atoms with van der Waals surface area (Å²) in [6.45, 7) is 0. The molecule has 0 aliphatic heterocycles. The fraction of sp³-hybridized carbons (Fsp3) is 0.240. The second-order valence-corrected chi connectivity index (χ2v) is 8.71. The number of rotatable bonds is 6. The number of carbonyl (C=O) groups is 1. The second-order valence-electron chi connectivity index (χ2n) is 8.71. The Balaban J connectivity index is 1.51. The molecule has 11 heteroatoms. The fourth-order valence-electron chi connectivity index (χ4n) is 4.24. The lowest BCUT2D eigenvalue weighted by atomic mass is 9.92. The van der Waals surface area contributed by atoms with Crippen LogP contribution in [0.1, 0.15) is 41.7 Å². The van der Waals surface area contributed by atoms with Crippen molar-refractivity contribution in [1.29, 1.82) is 5.26 Å². The first-order valence-electron chi connectivity index (χ1n) is 11.6. The van der Waals surface area contributed by atoms with Crippen LogP contribution in [0.3, 0.4) is 0 Å². The van der Waals surface area contributed by atoms with Crippen molar-refractivity contribution in [3.05, 3.63) is 72.1 Å². The molecule has 182 valence electrons. The van der Waals surface area contributed by atoms with Crippen molar-refractivity contribution >= 4 is 34.4 Å². The Labute approximate surface area is 206 Å². The number of amides is 1. The van der Waals surface area contributed by atoms with Gasteiger partial charge in [0, 0.05) is 30.0 Å². The average molecular weight is 486 g/mol. The van der Waals surface area contributed by atoms with Crippen LogP contribution >= 0.6 is 0 Å². The largest absolute Gasteiger partial charge is 0.366 e. The molecule has 1 saturated carbocycles. The third-order valence-corrected chi connectivity index (χ3v) is 6.12. The van der Waals surface area contributed by atoms with Gasteiger partial charge in [0.25, 0.3) is 5.91 Å². The number of nitrogens with one attached hydrogen (secondary N) is 3. The number of aromatic nitrogens is 4. The van der Waals surface area contributed by atoms with E-state index in [0.29, 0.717) is 28.4 Å². The van der Waals surface area contributed by atoms with Crippen LogP contribution in [-0.2, 0) is 0 Å². The van der Waals surface area contributed by atoms with E-state index in [1.807, 2.05) is 12.1 Å². The monoisotopic (exact) mass is 485 g/mol. The molecule has 4 aromatic rings. The summed E-state index contributed by atoms with van der Waals surface area (Å²) in [6.07, 6.45) is 7.46. The lowest BCUT2D eigenvalue weighted by Crippen LogP contribution is -2.33. The van der Waals surface area contributed by atoms with Crippen LogP contribution < -0.4 is 21.7 Å². The molecule has 0 radical (unpaired) electrons. The van der Waals surface area contributed by atoms with E-state index in [1.165, 1.54) is 23.0 Å². The Morgan fingerprint density at radius 2 is 1.97 bits per heavy atom. The molecule has 1 aliphatic carbocycles. The van der Waals surface area contributed by atoms with Crippen molar-refractivity contribution in [3.8, 4) is 6.07 Å². The standard InChI is InChI=1S/C25H24FN9O/c26-19-13-29-9-8-20(19)33-25(36)22-14-30-24-21(31-18-3-1-2-15(10-18)12-27)11-23(34-35(22)24)32-17-6-4-16(28)5-7-17/h1-3,8-11,13-14,16-17,31H,4-7,28H2,(H,32,34)(H,29,33,36). The van der Waals surface area contributed by atoms with Crippen molar-refractivity contribution in [1.82, 2.24) is 19.6 Å². The first-order valence-corrected chi connectivity index (χ1v) is 11.6.